The minimum atomic E-state index is -0.316. The summed E-state index contributed by atoms with van der Waals surface area (Å²) in [6.07, 6.45) is 16.4. The van der Waals surface area contributed by atoms with Crippen LogP contribution in [0, 0.1) is 35.5 Å². The molecule has 4 nitrogen and oxygen atoms in total. The summed E-state index contributed by atoms with van der Waals surface area (Å²) in [5.74, 6) is 5.27. The molecule has 6 rings (SSSR count). The summed E-state index contributed by atoms with van der Waals surface area (Å²) in [5.41, 5.74) is 0. The van der Waals surface area contributed by atoms with Gasteiger partial charge in [-0.2, -0.15) is 0 Å². The van der Waals surface area contributed by atoms with Crippen molar-refractivity contribution in [1.29, 1.82) is 0 Å². The van der Waals surface area contributed by atoms with E-state index in [1.54, 1.807) is 0 Å². The summed E-state index contributed by atoms with van der Waals surface area (Å²) < 4.78 is 0. The summed E-state index contributed by atoms with van der Waals surface area (Å²) in [5, 5.41) is 0. The maximum Gasteiger partial charge on any atom is 0.524 e. The van der Waals surface area contributed by atoms with E-state index in [1.807, 2.05) is 0 Å². The van der Waals surface area contributed by atoms with Crippen molar-refractivity contribution in [2.75, 3.05) is 0 Å². The van der Waals surface area contributed by atoms with Crippen LogP contribution in [0.2, 0.25) is 5.82 Å². The highest BCUT2D eigenvalue weighted by Crippen LogP contribution is 2.54. The summed E-state index contributed by atoms with van der Waals surface area (Å²) in [6, 6.07) is 0. The highest BCUT2D eigenvalue weighted by Gasteiger charge is 2.51. The van der Waals surface area contributed by atoms with Gasteiger partial charge >= 0.3 is 7.12 Å². The van der Waals surface area contributed by atoms with Crippen molar-refractivity contribution in [3.63, 3.8) is 0 Å². The molecule has 0 amide bonds. The van der Waals surface area contributed by atoms with Gasteiger partial charge in [0.05, 0.1) is 12.2 Å². The van der Waals surface area contributed by atoms with E-state index in [9.17, 15) is 0 Å². The van der Waals surface area contributed by atoms with E-state index in [1.165, 1.54) is 77.0 Å². The predicted octanol–water partition coefficient (Wildman–Crippen LogP) is 4.94. The van der Waals surface area contributed by atoms with Gasteiger partial charge < -0.3 is 0 Å². The molecule has 0 heterocycles. The number of rotatable bonds is 7. The van der Waals surface area contributed by atoms with Crippen LogP contribution in [0.4, 0.5) is 0 Å². The van der Waals surface area contributed by atoms with Gasteiger partial charge in [0, 0.05) is 5.82 Å². The Labute approximate surface area is 157 Å². The van der Waals surface area contributed by atoms with Crippen molar-refractivity contribution < 1.29 is 19.4 Å². The smallest absolute Gasteiger partial charge is 0.260 e. The Balaban J connectivity index is 1.08. The van der Waals surface area contributed by atoms with Gasteiger partial charge in [0.25, 0.3) is 0 Å². The SMILES string of the molecule is C1C[C@H]2CC1[C@H](OOB(OO[C@@H]1C[C@@H]3CC[C@H]1C3)[C@@H]1C[C@H]3CC[C@@H]1C3)C2. The van der Waals surface area contributed by atoms with Crippen molar-refractivity contribution in [3.8, 4) is 0 Å². The first kappa shape index (κ1) is 16.8. The largest absolute Gasteiger partial charge is 0.524 e. The van der Waals surface area contributed by atoms with E-state index in [4.69, 9.17) is 19.4 Å². The van der Waals surface area contributed by atoms with Crippen LogP contribution >= 0.6 is 0 Å². The standard InChI is InChI=1S/C21H33BO4/c1-4-16-7-13(1)10-19(16)22(25-23-20-11-14-2-5-17(20)8-14)26-24-21-12-15-3-6-18(21)9-15/h13-21H,1-12H2/t13-,14-,15+,16+,17?,18-,19+,20+,21+/m0/s1. The number of hydrogen-bond donors (Lipinski definition) is 0. The Bertz CT molecular complexity index is 498. The zero-order valence-corrected chi connectivity index (χ0v) is 15.9. The van der Waals surface area contributed by atoms with Crippen LogP contribution in [-0.2, 0) is 19.4 Å². The highest BCUT2D eigenvalue weighted by molar-refractivity contribution is 6.46. The Morgan fingerprint density at radius 2 is 1.00 bits per heavy atom. The lowest BCUT2D eigenvalue weighted by Crippen LogP contribution is -2.36. The topological polar surface area (TPSA) is 36.9 Å². The third-order valence-corrected chi connectivity index (χ3v) is 9.04. The van der Waals surface area contributed by atoms with Gasteiger partial charge in [-0.25, -0.2) is 9.78 Å². The van der Waals surface area contributed by atoms with Crippen molar-refractivity contribution in [2.24, 2.45) is 35.5 Å². The lowest BCUT2D eigenvalue weighted by molar-refractivity contribution is -0.325. The maximum absolute atomic E-state index is 6.01. The van der Waals surface area contributed by atoms with Crippen LogP contribution < -0.4 is 0 Å². The highest BCUT2D eigenvalue weighted by atomic mass is 17.3. The predicted molar refractivity (Wildman–Crippen MR) is 97.8 cm³/mol. The summed E-state index contributed by atoms with van der Waals surface area (Å²) in [6.45, 7) is 0. The lowest BCUT2D eigenvalue weighted by atomic mass is 9.64. The lowest BCUT2D eigenvalue weighted by Gasteiger charge is -2.29. The van der Waals surface area contributed by atoms with Gasteiger partial charge in [0.15, 0.2) is 0 Å². The Morgan fingerprint density at radius 3 is 1.38 bits per heavy atom. The number of fused-ring (bicyclic) bond motifs is 6. The van der Waals surface area contributed by atoms with E-state index in [2.05, 4.69) is 0 Å². The van der Waals surface area contributed by atoms with Crippen LogP contribution in [0.25, 0.3) is 0 Å². The van der Waals surface area contributed by atoms with Crippen molar-refractivity contribution in [1.82, 2.24) is 0 Å². The molecule has 144 valence electrons. The van der Waals surface area contributed by atoms with E-state index in [-0.39, 0.29) is 7.12 Å². The van der Waals surface area contributed by atoms with Crippen LogP contribution in [0.15, 0.2) is 0 Å². The molecule has 6 aliphatic carbocycles. The van der Waals surface area contributed by atoms with E-state index in [0.29, 0.717) is 29.9 Å². The van der Waals surface area contributed by atoms with Crippen LogP contribution in [0.3, 0.4) is 0 Å². The van der Waals surface area contributed by atoms with Gasteiger partial charge in [0.2, 0.25) is 0 Å². The first-order chi connectivity index (χ1) is 12.8. The van der Waals surface area contributed by atoms with E-state index in [0.717, 1.165) is 23.7 Å². The third kappa shape index (κ3) is 2.98. The van der Waals surface area contributed by atoms with Gasteiger partial charge in [0.1, 0.15) is 0 Å². The van der Waals surface area contributed by atoms with Gasteiger partial charge in [-0.05, 0) is 99.7 Å². The van der Waals surface area contributed by atoms with Crippen molar-refractivity contribution >= 4 is 7.12 Å². The molecule has 0 saturated heterocycles. The average molecular weight is 360 g/mol. The maximum atomic E-state index is 6.01. The number of hydrogen-bond acceptors (Lipinski definition) is 4. The summed E-state index contributed by atoms with van der Waals surface area (Å²) in [4.78, 5) is 24.0. The molecule has 6 bridgehead atoms. The molecule has 9 atom stereocenters. The molecule has 0 N–H and O–H groups in total. The fraction of sp³-hybridized carbons (Fsp3) is 1.00. The minimum Gasteiger partial charge on any atom is -0.260 e. The second-order valence-electron chi connectivity index (χ2n) is 10.5. The normalized spacial score (nSPS) is 51.0. The molecule has 5 heteroatoms. The Morgan fingerprint density at radius 1 is 0.500 bits per heavy atom. The van der Waals surface area contributed by atoms with E-state index < -0.39 is 0 Å². The fourth-order valence-electron chi connectivity index (χ4n) is 7.65. The van der Waals surface area contributed by atoms with Crippen molar-refractivity contribution in [2.45, 2.75) is 95.1 Å². The van der Waals surface area contributed by atoms with Crippen LogP contribution in [0.1, 0.15) is 77.0 Å². The van der Waals surface area contributed by atoms with Crippen LogP contribution in [0.5, 0.6) is 0 Å². The van der Waals surface area contributed by atoms with Gasteiger partial charge in [-0.15, -0.1) is 0 Å². The molecule has 0 aromatic heterocycles. The first-order valence-corrected chi connectivity index (χ1v) is 11.5. The molecule has 0 aliphatic heterocycles. The van der Waals surface area contributed by atoms with E-state index >= 15 is 0 Å². The molecule has 6 aliphatic rings. The first-order valence-electron chi connectivity index (χ1n) is 11.5. The molecular formula is C21H33BO4. The molecule has 0 spiro atoms. The average Bonchev–Trinajstić information content (AvgIpc) is 3.49. The molecule has 0 aromatic rings. The second kappa shape index (κ2) is 6.75. The minimum absolute atomic E-state index is 0.293. The molecular weight excluding hydrogens is 327 g/mol. The molecule has 0 aromatic carbocycles. The third-order valence-electron chi connectivity index (χ3n) is 9.04. The van der Waals surface area contributed by atoms with Crippen molar-refractivity contribution in [3.05, 3.63) is 0 Å². The molecule has 0 radical (unpaired) electrons. The molecule has 1 unspecified atom stereocenters. The quantitative estimate of drug-likeness (QED) is 0.366. The van der Waals surface area contributed by atoms with Gasteiger partial charge in [-0.3, -0.25) is 9.61 Å². The monoisotopic (exact) mass is 360 g/mol. The molecule has 6 fully saturated rings. The zero-order chi connectivity index (χ0) is 17.1. The Kier molecular flexibility index (Phi) is 4.37. The van der Waals surface area contributed by atoms with Gasteiger partial charge in [-0.1, -0.05) is 12.8 Å². The zero-order valence-electron chi connectivity index (χ0n) is 15.9. The Hall–Kier alpha value is -0.0951. The summed E-state index contributed by atoms with van der Waals surface area (Å²) >= 11 is 0. The fourth-order valence-corrected chi connectivity index (χ4v) is 7.65. The summed E-state index contributed by atoms with van der Waals surface area (Å²) in [7, 11) is -0.316. The second-order valence-corrected chi connectivity index (χ2v) is 10.5. The molecule has 26 heavy (non-hydrogen) atoms. The van der Waals surface area contributed by atoms with Crippen LogP contribution in [-0.4, -0.2) is 19.3 Å². The molecule has 6 saturated carbocycles.